The molecular formula is C19H29N3O6S2. The smallest absolute Gasteiger partial charge is 0.410 e. The van der Waals surface area contributed by atoms with Gasteiger partial charge in [-0.2, -0.15) is 0 Å². The van der Waals surface area contributed by atoms with Crippen LogP contribution in [0.25, 0.3) is 0 Å². The van der Waals surface area contributed by atoms with Crippen molar-refractivity contribution in [3.05, 3.63) is 24.3 Å². The summed E-state index contributed by atoms with van der Waals surface area (Å²) < 4.78 is 60.3. The zero-order chi connectivity index (χ0) is 22.2. The molecule has 3 rings (SSSR count). The number of carbonyl (C=O) groups excluding carboxylic acids is 1. The number of nitrogens with zero attached hydrogens (tertiary/aromatic N) is 1. The van der Waals surface area contributed by atoms with E-state index in [2.05, 4.69) is 9.44 Å². The number of benzene rings is 1. The van der Waals surface area contributed by atoms with Gasteiger partial charge in [0.2, 0.25) is 20.0 Å². The average Bonchev–Trinajstić information content (AvgIpc) is 3.44. The van der Waals surface area contributed by atoms with Crippen molar-refractivity contribution in [2.45, 2.75) is 73.9 Å². The second-order valence-electron chi connectivity index (χ2n) is 8.73. The normalized spacial score (nSPS) is 19.0. The molecule has 0 aromatic heterocycles. The standard InChI is InChI=1S/C19H29N3O6S2/c1-19(2,3)28-18(23)22-12-10-15(11-13-22)21-30(26,27)17-8-6-16(7-9-17)29(24,25)20-14-4-5-14/h6-9,14-15,20-21H,4-5,10-13H2,1-3H3. The van der Waals surface area contributed by atoms with Gasteiger partial charge in [-0.05, 0) is 70.7 Å². The lowest BCUT2D eigenvalue weighted by molar-refractivity contribution is 0.0203. The highest BCUT2D eigenvalue weighted by molar-refractivity contribution is 7.90. The Morgan fingerprint density at radius 2 is 1.27 bits per heavy atom. The van der Waals surface area contributed by atoms with Gasteiger partial charge < -0.3 is 9.64 Å². The summed E-state index contributed by atoms with van der Waals surface area (Å²) in [5, 5.41) is 0. The molecule has 2 N–H and O–H groups in total. The van der Waals surface area contributed by atoms with Crippen LogP contribution in [-0.4, -0.2) is 58.6 Å². The number of carbonyl (C=O) groups is 1. The summed E-state index contributed by atoms with van der Waals surface area (Å²) in [7, 11) is -7.43. The zero-order valence-corrected chi connectivity index (χ0v) is 19.1. The first-order chi connectivity index (χ1) is 13.9. The maximum absolute atomic E-state index is 12.7. The van der Waals surface area contributed by atoms with Gasteiger partial charge in [0.25, 0.3) is 0 Å². The average molecular weight is 460 g/mol. The molecule has 1 saturated heterocycles. The lowest BCUT2D eigenvalue weighted by Gasteiger charge is -2.33. The number of rotatable bonds is 6. The van der Waals surface area contributed by atoms with E-state index in [-0.39, 0.29) is 21.9 Å². The fourth-order valence-electron chi connectivity index (χ4n) is 3.08. The number of piperidine rings is 1. The van der Waals surface area contributed by atoms with Crippen molar-refractivity contribution in [3.63, 3.8) is 0 Å². The summed E-state index contributed by atoms with van der Waals surface area (Å²) in [6, 6.07) is 4.84. The summed E-state index contributed by atoms with van der Waals surface area (Å²) in [4.78, 5) is 13.7. The Bertz CT molecular complexity index is 972. The van der Waals surface area contributed by atoms with Gasteiger partial charge in [0, 0.05) is 25.2 Å². The van der Waals surface area contributed by atoms with E-state index in [0.29, 0.717) is 25.9 Å². The van der Waals surface area contributed by atoms with E-state index in [1.54, 1.807) is 25.7 Å². The Morgan fingerprint density at radius 3 is 1.63 bits per heavy atom. The predicted molar refractivity (Wildman–Crippen MR) is 111 cm³/mol. The molecule has 0 spiro atoms. The monoisotopic (exact) mass is 459 g/mol. The number of nitrogens with one attached hydrogen (secondary N) is 2. The van der Waals surface area contributed by atoms with Crippen LogP contribution in [0, 0.1) is 0 Å². The molecule has 1 amide bonds. The van der Waals surface area contributed by atoms with E-state index in [0.717, 1.165) is 12.8 Å². The Hall–Kier alpha value is -1.69. The number of sulfonamides is 2. The van der Waals surface area contributed by atoms with E-state index in [1.165, 1.54) is 24.3 Å². The highest BCUT2D eigenvalue weighted by Crippen LogP contribution is 2.23. The third kappa shape index (κ3) is 6.16. The molecule has 0 unspecified atom stereocenters. The molecule has 30 heavy (non-hydrogen) atoms. The molecule has 9 nitrogen and oxygen atoms in total. The van der Waals surface area contributed by atoms with Crippen LogP contribution in [0.4, 0.5) is 4.79 Å². The minimum Gasteiger partial charge on any atom is -0.444 e. The van der Waals surface area contributed by atoms with Gasteiger partial charge in [-0.1, -0.05) is 0 Å². The van der Waals surface area contributed by atoms with Gasteiger partial charge in [-0.15, -0.1) is 0 Å². The van der Waals surface area contributed by atoms with Crippen LogP contribution in [0.1, 0.15) is 46.5 Å². The van der Waals surface area contributed by atoms with E-state index < -0.39 is 31.7 Å². The maximum atomic E-state index is 12.7. The molecule has 1 saturated carbocycles. The van der Waals surface area contributed by atoms with Crippen molar-refractivity contribution in [3.8, 4) is 0 Å². The summed E-state index contributed by atoms with van der Waals surface area (Å²) in [6.45, 7) is 6.18. The van der Waals surface area contributed by atoms with E-state index in [4.69, 9.17) is 4.74 Å². The molecule has 0 bridgehead atoms. The second kappa shape index (κ2) is 8.45. The van der Waals surface area contributed by atoms with Crippen LogP contribution < -0.4 is 9.44 Å². The van der Waals surface area contributed by atoms with Crippen molar-refractivity contribution in [1.29, 1.82) is 0 Å². The molecule has 0 atom stereocenters. The summed E-state index contributed by atoms with van der Waals surface area (Å²) in [6.07, 6.45) is 2.18. The molecule has 11 heteroatoms. The molecule has 1 aromatic carbocycles. The second-order valence-corrected chi connectivity index (χ2v) is 12.2. The predicted octanol–water partition coefficient (Wildman–Crippen LogP) is 1.81. The first kappa shape index (κ1) is 23.0. The molecule has 2 fully saturated rings. The van der Waals surface area contributed by atoms with Gasteiger partial charge in [0.05, 0.1) is 9.79 Å². The lowest BCUT2D eigenvalue weighted by Crippen LogP contribution is -2.47. The number of amides is 1. The third-order valence-corrected chi connectivity index (χ3v) is 7.88. The summed E-state index contributed by atoms with van der Waals surface area (Å²) in [5.41, 5.74) is -0.580. The largest absolute Gasteiger partial charge is 0.444 e. The number of hydrogen-bond donors (Lipinski definition) is 2. The Kier molecular flexibility index (Phi) is 6.47. The fourth-order valence-corrected chi connectivity index (χ4v) is 5.69. The first-order valence-electron chi connectivity index (χ1n) is 9.98. The van der Waals surface area contributed by atoms with Gasteiger partial charge in [0.15, 0.2) is 0 Å². The van der Waals surface area contributed by atoms with Crippen molar-refractivity contribution in [2.24, 2.45) is 0 Å². The number of ether oxygens (including phenoxy) is 1. The molecule has 1 aliphatic heterocycles. The summed E-state index contributed by atoms with van der Waals surface area (Å²) in [5.74, 6) is 0. The van der Waals surface area contributed by atoms with Crippen LogP contribution in [0.15, 0.2) is 34.1 Å². The SMILES string of the molecule is CC(C)(C)OC(=O)N1CCC(NS(=O)(=O)c2ccc(S(=O)(=O)NC3CC3)cc2)CC1. The molecule has 2 aliphatic rings. The van der Waals surface area contributed by atoms with Gasteiger partial charge in [-0.3, -0.25) is 0 Å². The highest BCUT2D eigenvalue weighted by atomic mass is 32.2. The topological polar surface area (TPSA) is 122 Å². The molecule has 0 radical (unpaired) electrons. The molecule has 1 aliphatic carbocycles. The molecular weight excluding hydrogens is 430 g/mol. The Balaban J connectivity index is 1.57. The van der Waals surface area contributed by atoms with Gasteiger partial charge in [0.1, 0.15) is 5.60 Å². The van der Waals surface area contributed by atoms with E-state index in [9.17, 15) is 21.6 Å². The molecule has 168 valence electrons. The van der Waals surface area contributed by atoms with Crippen LogP contribution in [0.3, 0.4) is 0 Å². The van der Waals surface area contributed by atoms with Crippen LogP contribution >= 0.6 is 0 Å². The fraction of sp³-hybridized carbons (Fsp3) is 0.632. The van der Waals surface area contributed by atoms with Gasteiger partial charge in [-0.25, -0.2) is 31.1 Å². The number of likely N-dealkylation sites (tertiary alicyclic amines) is 1. The van der Waals surface area contributed by atoms with Gasteiger partial charge >= 0.3 is 6.09 Å². The maximum Gasteiger partial charge on any atom is 0.410 e. The third-order valence-electron chi connectivity index (χ3n) is 4.81. The van der Waals surface area contributed by atoms with Crippen molar-refractivity contribution >= 4 is 26.1 Å². The van der Waals surface area contributed by atoms with Crippen LogP contribution in [-0.2, 0) is 24.8 Å². The first-order valence-corrected chi connectivity index (χ1v) is 12.9. The summed E-state index contributed by atoms with van der Waals surface area (Å²) >= 11 is 0. The lowest BCUT2D eigenvalue weighted by atomic mass is 10.1. The zero-order valence-electron chi connectivity index (χ0n) is 17.4. The van der Waals surface area contributed by atoms with E-state index in [1.807, 2.05) is 0 Å². The number of hydrogen-bond acceptors (Lipinski definition) is 6. The van der Waals surface area contributed by atoms with Crippen LogP contribution in [0.2, 0.25) is 0 Å². The molecule has 1 aromatic rings. The Morgan fingerprint density at radius 1 is 0.867 bits per heavy atom. The Labute approximate surface area is 178 Å². The molecule has 1 heterocycles. The van der Waals surface area contributed by atoms with Crippen molar-refractivity contribution in [2.75, 3.05) is 13.1 Å². The minimum atomic E-state index is -3.80. The van der Waals surface area contributed by atoms with Crippen molar-refractivity contribution < 1.29 is 26.4 Å². The van der Waals surface area contributed by atoms with E-state index >= 15 is 0 Å². The quantitative estimate of drug-likeness (QED) is 0.669. The highest BCUT2D eigenvalue weighted by Gasteiger charge is 2.30. The van der Waals surface area contributed by atoms with Crippen molar-refractivity contribution in [1.82, 2.24) is 14.3 Å². The minimum absolute atomic E-state index is 0.00226. The van der Waals surface area contributed by atoms with Crippen LogP contribution in [0.5, 0.6) is 0 Å².